The van der Waals surface area contributed by atoms with Gasteiger partial charge in [-0.2, -0.15) is 8.42 Å². The highest BCUT2D eigenvalue weighted by Gasteiger charge is 2.36. The average molecular weight is 577 g/mol. The van der Waals surface area contributed by atoms with Crippen molar-refractivity contribution in [1.29, 1.82) is 0 Å². The summed E-state index contributed by atoms with van der Waals surface area (Å²) in [5, 5.41) is 1.78. The number of hydrogen-bond acceptors (Lipinski definition) is 7. The fraction of sp³-hybridized carbons (Fsp3) is 0.0800. The first-order valence-electron chi connectivity index (χ1n) is 10.6. The molecular formula is C25H18Cl2N2O6S2. The number of benzene rings is 3. The minimum absolute atomic E-state index is 0.0468. The van der Waals surface area contributed by atoms with E-state index in [0.717, 1.165) is 10.5 Å². The Bertz CT molecular complexity index is 1500. The number of thioether (sulfide) groups is 1. The number of anilines is 1. The second kappa shape index (κ2) is 11.0. The zero-order valence-corrected chi connectivity index (χ0v) is 22.2. The molecule has 0 aliphatic carbocycles. The molecule has 1 fully saturated rings. The largest absolute Gasteiger partial charge is 0.376 e. The summed E-state index contributed by atoms with van der Waals surface area (Å²) >= 11 is 13.2. The van der Waals surface area contributed by atoms with Gasteiger partial charge in [-0.05, 0) is 66.7 Å². The molecule has 1 N–H and O–H groups in total. The Balaban J connectivity index is 1.50. The lowest BCUT2D eigenvalue weighted by atomic mass is 10.2. The van der Waals surface area contributed by atoms with E-state index < -0.39 is 33.7 Å². The maximum atomic E-state index is 12.8. The molecule has 0 saturated carbocycles. The summed E-state index contributed by atoms with van der Waals surface area (Å²) in [7, 11) is -4.20. The number of aryl methyl sites for hydroxylation is 1. The number of para-hydroxylation sites is 1. The topological polar surface area (TPSA) is 110 Å². The fourth-order valence-electron chi connectivity index (χ4n) is 3.26. The normalized spacial score (nSPS) is 14.8. The van der Waals surface area contributed by atoms with Crippen LogP contribution in [0.4, 0.5) is 10.5 Å². The summed E-state index contributed by atoms with van der Waals surface area (Å²) in [5.74, 6) is -1.46. The maximum absolute atomic E-state index is 12.8. The van der Waals surface area contributed by atoms with E-state index in [1.165, 1.54) is 30.3 Å². The molecule has 3 amide bonds. The number of halogens is 2. The van der Waals surface area contributed by atoms with Crippen LogP contribution in [-0.2, 0) is 19.7 Å². The standard InChI is InChI=1S/C25H18Cl2N2O6S2/c1-15-7-9-18(10-8-15)37(33,34)35-23-19(26)11-16(12-20(23)27)13-21-24(31)29(25(32)36-21)14-22(30)28-17-5-3-2-4-6-17/h2-13H,14H2,1H3,(H,28,30)/b21-13-. The summed E-state index contributed by atoms with van der Waals surface area (Å²) < 4.78 is 30.4. The van der Waals surface area contributed by atoms with Gasteiger partial charge in [-0.3, -0.25) is 19.3 Å². The number of imide groups is 1. The molecule has 3 aromatic carbocycles. The highest BCUT2D eigenvalue weighted by molar-refractivity contribution is 8.18. The third kappa shape index (κ3) is 6.34. The molecular weight excluding hydrogens is 559 g/mol. The molecule has 0 atom stereocenters. The molecule has 37 heavy (non-hydrogen) atoms. The first kappa shape index (κ1) is 26.7. The van der Waals surface area contributed by atoms with E-state index in [2.05, 4.69) is 5.32 Å². The second-order valence-electron chi connectivity index (χ2n) is 7.85. The van der Waals surface area contributed by atoms with Crippen molar-refractivity contribution in [2.24, 2.45) is 0 Å². The van der Waals surface area contributed by atoms with Gasteiger partial charge in [0.15, 0.2) is 5.75 Å². The Hall–Kier alpha value is -3.31. The average Bonchev–Trinajstić information content (AvgIpc) is 3.09. The van der Waals surface area contributed by atoms with Gasteiger partial charge in [0.2, 0.25) is 5.91 Å². The smallest absolute Gasteiger partial charge is 0.339 e. The van der Waals surface area contributed by atoms with E-state index in [-0.39, 0.29) is 25.6 Å². The Morgan fingerprint density at radius 1 is 1.03 bits per heavy atom. The van der Waals surface area contributed by atoms with Gasteiger partial charge in [0.1, 0.15) is 11.4 Å². The zero-order chi connectivity index (χ0) is 26.7. The predicted molar refractivity (Wildman–Crippen MR) is 143 cm³/mol. The third-order valence-electron chi connectivity index (χ3n) is 5.05. The van der Waals surface area contributed by atoms with E-state index in [0.29, 0.717) is 23.0 Å². The first-order chi connectivity index (χ1) is 17.5. The van der Waals surface area contributed by atoms with E-state index in [1.54, 1.807) is 42.5 Å². The van der Waals surface area contributed by atoms with Gasteiger partial charge in [-0.15, -0.1) is 0 Å². The van der Waals surface area contributed by atoms with Crippen LogP contribution in [0.5, 0.6) is 5.75 Å². The van der Waals surface area contributed by atoms with Gasteiger partial charge >= 0.3 is 10.1 Å². The molecule has 1 aliphatic rings. The summed E-state index contributed by atoms with van der Waals surface area (Å²) in [6.45, 7) is 1.36. The monoisotopic (exact) mass is 576 g/mol. The highest BCUT2D eigenvalue weighted by atomic mass is 35.5. The molecule has 0 unspecified atom stereocenters. The van der Waals surface area contributed by atoms with E-state index in [1.807, 2.05) is 6.92 Å². The quantitative estimate of drug-likeness (QED) is 0.282. The maximum Gasteiger partial charge on any atom is 0.339 e. The van der Waals surface area contributed by atoms with Crippen LogP contribution in [0.1, 0.15) is 11.1 Å². The Morgan fingerprint density at radius 3 is 2.27 bits per heavy atom. The Kier molecular flexibility index (Phi) is 7.93. The first-order valence-corrected chi connectivity index (χ1v) is 13.6. The van der Waals surface area contributed by atoms with Crippen LogP contribution < -0.4 is 9.50 Å². The summed E-state index contributed by atoms with van der Waals surface area (Å²) in [5.41, 5.74) is 1.74. The van der Waals surface area contributed by atoms with E-state index >= 15 is 0 Å². The van der Waals surface area contributed by atoms with E-state index in [4.69, 9.17) is 27.4 Å². The summed E-state index contributed by atoms with van der Waals surface area (Å²) in [6, 6.07) is 17.4. The number of nitrogens with one attached hydrogen (secondary N) is 1. The lowest BCUT2D eigenvalue weighted by Gasteiger charge is -2.12. The third-order valence-corrected chi connectivity index (χ3v) is 7.76. The van der Waals surface area contributed by atoms with Gasteiger partial charge in [0, 0.05) is 5.69 Å². The van der Waals surface area contributed by atoms with Gasteiger partial charge < -0.3 is 9.50 Å². The lowest BCUT2D eigenvalue weighted by molar-refractivity contribution is -0.127. The molecule has 3 aromatic rings. The van der Waals surface area contributed by atoms with Crippen LogP contribution in [0.2, 0.25) is 10.0 Å². The van der Waals surface area contributed by atoms with Crippen LogP contribution in [-0.4, -0.2) is 36.9 Å². The van der Waals surface area contributed by atoms with Crippen LogP contribution >= 0.6 is 35.0 Å². The van der Waals surface area contributed by atoms with E-state index in [9.17, 15) is 22.8 Å². The van der Waals surface area contributed by atoms with Crippen LogP contribution in [0, 0.1) is 6.92 Å². The van der Waals surface area contributed by atoms with Crippen molar-refractivity contribution < 1.29 is 27.0 Å². The van der Waals surface area contributed by atoms with Crippen molar-refractivity contribution >= 4 is 73.9 Å². The predicted octanol–water partition coefficient (Wildman–Crippen LogP) is 5.74. The minimum Gasteiger partial charge on any atom is -0.376 e. The van der Waals surface area contributed by atoms with Crippen molar-refractivity contribution in [2.75, 3.05) is 11.9 Å². The van der Waals surface area contributed by atoms with Gasteiger partial charge in [-0.1, -0.05) is 59.1 Å². The number of carbonyl (C=O) groups is 3. The van der Waals surface area contributed by atoms with Crippen molar-refractivity contribution in [3.05, 3.63) is 92.8 Å². The Labute approximate surface area is 227 Å². The molecule has 8 nitrogen and oxygen atoms in total. The zero-order valence-electron chi connectivity index (χ0n) is 19.1. The summed E-state index contributed by atoms with van der Waals surface area (Å²) in [6.07, 6.45) is 1.37. The molecule has 4 rings (SSSR count). The SMILES string of the molecule is Cc1ccc(S(=O)(=O)Oc2c(Cl)cc(/C=C3\SC(=O)N(CC(=O)Nc4ccccc4)C3=O)cc2Cl)cc1. The van der Waals surface area contributed by atoms with Gasteiger partial charge in [0.25, 0.3) is 11.1 Å². The molecule has 190 valence electrons. The second-order valence-corrected chi connectivity index (χ2v) is 11.2. The van der Waals surface area contributed by atoms with Gasteiger partial charge in [0.05, 0.1) is 15.0 Å². The lowest BCUT2D eigenvalue weighted by Crippen LogP contribution is -2.36. The fourth-order valence-corrected chi connectivity index (χ4v) is 5.73. The highest BCUT2D eigenvalue weighted by Crippen LogP contribution is 2.38. The molecule has 1 saturated heterocycles. The molecule has 12 heteroatoms. The number of carbonyl (C=O) groups excluding carboxylic acids is 3. The summed E-state index contributed by atoms with van der Waals surface area (Å²) in [4.78, 5) is 38.3. The molecule has 0 radical (unpaired) electrons. The van der Waals surface area contributed by atoms with Crippen molar-refractivity contribution in [1.82, 2.24) is 4.90 Å². The molecule has 0 bridgehead atoms. The Morgan fingerprint density at radius 2 is 1.65 bits per heavy atom. The van der Waals surface area contributed by atoms with Crippen LogP contribution in [0.15, 0.2) is 76.5 Å². The molecule has 1 heterocycles. The number of hydrogen-bond donors (Lipinski definition) is 1. The molecule has 1 aliphatic heterocycles. The van der Waals surface area contributed by atoms with Crippen LogP contribution in [0.25, 0.3) is 6.08 Å². The number of amides is 3. The number of rotatable bonds is 7. The van der Waals surface area contributed by atoms with Crippen LogP contribution in [0.3, 0.4) is 0 Å². The van der Waals surface area contributed by atoms with Crippen molar-refractivity contribution in [3.8, 4) is 5.75 Å². The molecule has 0 aromatic heterocycles. The number of nitrogens with zero attached hydrogens (tertiary/aromatic N) is 1. The van der Waals surface area contributed by atoms with Crippen molar-refractivity contribution in [3.63, 3.8) is 0 Å². The minimum atomic E-state index is -4.20. The van der Waals surface area contributed by atoms with Crippen molar-refractivity contribution in [2.45, 2.75) is 11.8 Å². The molecule has 0 spiro atoms. The van der Waals surface area contributed by atoms with Gasteiger partial charge in [-0.25, -0.2) is 0 Å².